The van der Waals surface area contributed by atoms with Crippen molar-refractivity contribution >= 4 is 41.5 Å². The Hall–Kier alpha value is -5.76. The number of nitrogens with zero attached hydrogens (tertiary/aromatic N) is 1. The molecule has 0 aromatic heterocycles. The van der Waals surface area contributed by atoms with Gasteiger partial charge in [-0.1, -0.05) is 42.5 Å². The molecule has 3 rings (SSSR count). The summed E-state index contributed by atoms with van der Waals surface area (Å²) in [5, 5.41) is 36.7. The summed E-state index contributed by atoms with van der Waals surface area (Å²) in [5.74, 6) is -6.92. The van der Waals surface area contributed by atoms with E-state index in [9.17, 15) is 52.2 Å². The normalized spacial score (nSPS) is 15.3. The molecule has 2 aromatic carbocycles. The average molecular weight is 782 g/mol. The van der Waals surface area contributed by atoms with E-state index in [1.807, 2.05) is 0 Å². The number of likely N-dealkylation sites (tertiary alicyclic amines) is 1. The third kappa shape index (κ3) is 16.0. The second kappa shape index (κ2) is 22.5. The maximum atomic E-state index is 13.6. The van der Waals surface area contributed by atoms with Gasteiger partial charge in [-0.2, -0.15) is 13.2 Å². The Labute approximate surface area is 314 Å². The number of benzene rings is 2. The van der Waals surface area contributed by atoms with Crippen LogP contribution in [0.4, 0.5) is 13.2 Å². The Bertz CT molecular complexity index is 1610. The SMILES string of the molecule is NCCCC[C@H](NC(=O)CNC(=O)[C@@H]1CCCN1C(=O)[C@H](Cc1ccc(O)cc1)NC(=O)CN)C(=O)N[C@@H](Cc1ccccc1)C(=O)O.O=C(O)C(F)(F)F. The predicted molar refractivity (Wildman–Crippen MR) is 189 cm³/mol. The number of aliphatic carboxylic acids is 2. The Morgan fingerprint density at radius 1 is 0.800 bits per heavy atom. The number of hydrogen-bond donors (Lipinski definition) is 9. The fourth-order valence-corrected chi connectivity index (χ4v) is 5.44. The van der Waals surface area contributed by atoms with E-state index in [-0.39, 0.29) is 38.1 Å². The highest BCUT2D eigenvalue weighted by Crippen LogP contribution is 2.20. The van der Waals surface area contributed by atoms with Crippen molar-refractivity contribution in [3.63, 3.8) is 0 Å². The molecule has 0 spiro atoms. The molecule has 0 saturated carbocycles. The number of carboxylic acid groups (broad SMARTS) is 2. The number of nitrogens with one attached hydrogen (secondary N) is 4. The Morgan fingerprint density at radius 3 is 1.95 bits per heavy atom. The fraction of sp³-hybridized carbons (Fsp3) is 0.457. The van der Waals surface area contributed by atoms with E-state index in [1.165, 1.54) is 17.0 Å². The molecule has 4 atom stereocenters. The van der Waals surface area contributed by atoms with Crippen LogP contribution in [-0.2, 0) is 46.4 Å². The van der Waals surface area contributed by atoms with Gasteiger partial charge in [0.05, 0.1) is 13.1 Å². The van der Waals surface area contributed by atoms with Crippen molar-refractivity contribution in [2.45, 2.75) is 75.3 Å². The van der Waals surface area contributed by atoms with E-state index >= 15 is 0 Å². The number of unbranched alkanes of at least 4 members (excludes halogenated alkanes) is 1. The number of carbonyl (C=O) groups excluding carboxylic acids is 5. The minimum atomic E-state index is -5.08. The summed E-state index contributed by atoms with van der Waals surface area (Å²) in [6.45, 7) is -0.212. The molecule has 11 N–H and O–H groups in total. The van der Waals surface area contributed by atoms with Crippen molar-refractivity contribution in [1.29, 1.82) is 0 Å². The summed E-state index contributed by atoms with van der Waals surface area (Å²) in [6, 6.07) is 10.7. The first-order valence-electron chi connectivity index (χ1n) is 17.2. The number of carboxylic acids is 2. The molecule has 1 heterocycles. The summed E-state index contributed by atoms with van der Waals surface area (Å²) in [7, 11) is 0. The van der Waals surface area contributed by atoms with Crippen LogP contribution in [0.5, 0.6) is 5.75 Å². The average Bonchev–Trinajstić information content (AvgIpc) is 3.64. The quantitative estimate of drug-likeness (QED) is 0.0870. The van der Waals surface area contributed by atoms with Gasteiger partial charge in [-0.15, -0.1) is 0 Å². The number of aromatic hydroxyl groups is 1. The molecule has 2 aromatic rings. The Balaban J connectivity index is 0.00000136. The summed E-state index contributed by atoms with van der Waals surface area (Å²) in [5.41, 5.74) is 12.4. The van der Waals surface area contributed by atoms with E-state index in [0.717, 1.165) is 0 Å². The van der Waals surface area contributed by atoms with Crippen LogP contribution in [0, 0.1) is 0 Å². The molecule has 55 heavy (non-hydrogen) atoms. The maximum Gasteiger partial charge on any atom is 0.490 e. The highest BCUT2D eigenvalue weighted by molar-refractivity contribution is 5.95. The lowest BCUT2D eigenvalue weighted by Gasteiger charge is -2.29. The van der Waals surface area contributed by atoms with E-state index in [0.29, 0.717) is 43.4 Å². The number of rotatable bonds is 18. The van der Waals surface area contributed by atoms with Gasteiger partial charge in [0, 0.05) is 19.4 Å². The number of carbonyl (C=O) groups is 7. The molecule has 17 nitrogen and oxygen atoms in total. The van der Waals surface area contributed by atoms with Gasteiger partial charge in [-0.25, -0.2) is 9.59 Å². The molecule has 20 heteroatoms. The molecule has 0 unspecified atom stereocenters. The van der Waals surface area contributed by atoms with Crippen LogP contribution < -0.4 is 32.7 Å². The Kier molecular flexibility index (Phi) is 18.5. The minimum Gasteiger partial charge on any atom is -0.508 e. The smallest absolute Gasteiger partial charge is 0.490 e. The van der Waals surface area contributed by atoms with Crippen molar-refractivity contribution < 1.29 is 62.1 Å². The Morgan fingerprint density at radius 2 is 1.38 bits per heavy atom. The van der Waals surface area contributed by atoms with Crippen molar-refractivity contribution in [2.24, 2.45) is 11.5 Å². The van der Waals surface area contributed by atoms with Gasteiger partial charge >= 0.3 is 18.1 Å². The van der Waals surface area contributed by atoms with Gasteiger partial charge < -0.3 is 53.0 Å². The third-order valence-electron chi connectivity index (χ3n) is 8.19. The molecule has 0 aliphatic carbocycles. The fourth-order valence-electron chi connectivity index (χ4n) is 5.44. The minimum absolute atomic E-state index is 0.0444. The lowest BCUT2D eigenvalue weighted by Crippen LogP contribution is -2.56. The number of halogens is 3. The molecular formula is C35H46F3N7O10. The van der Waals surface area contributed by atoms with Gasteiger partial charge in [-0.3, -0.25) is 24.0 Å². The van der Waals surface area contributed by atoms with E-state index in [4.69, 9.17) is 21.4 Å². The lowest BCUT2D eigenvalue weighted by atomic mass is 10.0. The molecule has 5 amide bonds. The molecule has 302 valence electrons. The zero-order chi connectivity index (χ0) is 41.1. The highest BCUT2D eigenvalue weighted by Gasteiger charge is 2.39. The van der Waals surface area contributed by atoms with Gasteiger partial charge in [-0.05, 0) is 61.9 Å². The standard InChI is InChI=1S/C33H45N7O8.C2HF3O2/c34-15-5-4-9-24(30(44)39-26(33(47)48)18-21-7-2-1-3-8-21)37-29(43)20-36-31(45)27-10-6-16-40(27)32(46)25(38-28(42)19-35)17-22-11-13-23(41)14-12-22;3-2(4,5)1(6)7/h1-3,7-8,11-14,24-27,41H,4-6,9-10,15-20,34-35H2,(H,36,45)(H,37,43)(H,38,42)(H,39,44)(H,47,48);(H,6,7)/t24-,25-,26-,27-;/m0./s1. The van der Waals surface area contributed by atoms with E-state index in [1.54, 1.807) is 42.5 Å². The number of nitrogens with two attached hydrogens (primary N) is 2. The molecule has 0 radical (unpaired) electrons. The molecular weight excluding hydrogens is 735 g/mol. The van der Waals surface area contributed by atoms with E-state index in [2.05, 4.69) is 21.3 Å². The van der Waals surface area contributed by atoms with Gasteiger partial charge in [0.25, 0.3) is 0 Å². The number of phenols is 1. The molecule has 0 bridgehead atoms. The molecule has 1 fully saturated rings. The second-order valence-corrected chi connectivity index (χ2v) is 12.4. The summed E-state index contributed by atoms with van der Waals surface area (Å²) >= 11 is 0. The molecule has 1 saturated heterocycles. The topological polar surface area (TPSA) is 284 Å². The van der Waals surface area contributed by atoms with Gasteiger partial charge in [0.2, 0.25) is 29.5 Å². The van der Waals surface area contributed by atoms with Gasteiger partial charge in [0.15, 0.2) is 0 Å². The van der Waals surface area contributed by atoms with Crippen LogP contribution in [0.25, 0.3) is 0 Å². The lowest BCUT2D eigenvalue weighted by molar-refractivity contribution is -0.192. The van der Waals surface area contributed by atoms with Crippen molar-refractivity contribution in [1.82, 2.24) is 26.2 Å². The third-order valence-corrected chi connectivity index (χ3v) is 8.19. The van der Waals surface area contributed by atoms with Gasteiger partial charge in [0.1, 0.15) is 29.9 Å². The summed E-state index contributed by atoms with van der Waals surface area (Å²) in [6.07, 6.45) is -2.83. The maximum absolute atomic E-state index is 13.6. The van der Waals surface area contributed by atoms with Crippen LogP contribution in [0.2, 0.25) is 0 Å². The second-order valence-electron chi connectivity index (χ2n) is 12.4. The van der Waals surface area contributed by atoms with Crippen molar-refractivity contribution in [3.8, 4) is 5.75 Å². The highest BCUT2D eigenvalue weighted by atomic mass is 19.4. The number of phenolic OH excluding ortho intramolecular Hbond substituents is 1. The zero-order valence-electron chi connectivity index (χ0n) is 29.7. The van der Waals surface area contributed by atoms with Crippen molar-refractivity contribution in [2.75, 3.05) is 26.2 Å². The van der Waals surface area contributed by atoms with Crippen molar-refractivity contribution in [3.05, 3.63) is 65.7 Å². The first-order valence-corrected chi connectivity index (χ1v) is 17.2. The van der Waals surface area contributed by atoms with Crippen LogP contribution in [0.1, 0.15) is 43.2 Å². The first kappa shape index (κ1) is 45.4. The molecule has 1 aliphatic rings. The first-order chi connectivity index (χ1) is 26.0. The van der Waals surface area contributed by atoms with Crippen LogP contribution >= 0.6 is 0 Å². The number of alkyl halides is 3. The number of hydrogen-bond acceptors (Lipinski definition) is 10. The van der Waals surface area contributed by atoms with Crippen LogP contribution in [-0.4, -0.2) is 118 Å². The monoisotopic (exact) mass is 781 g/mol. The molecule has 1 aliphatic heterocycles. The summed E-state index contributed by atoms with van der Waals surface area (Å²) in [4.78, 5) is 87.2. The largest absolute Gasteiger partial charge is 0.508 e. The summed E-state index contributed by atoms with van der Waals surface area (Å²) < 4.78 is 31.7. The van der Waals surface area contributed by atoms with Crippen LogP contribution in [0.3, 0.4) is 0 Å². The zero-order valence-corrected chi connectivity index (χ0v) is 29.7. The van der Waals surface area contributed by atoms with Crippen LogP contribution in [0.15, 0.2) is 54.6 Å². The van der Waals surface area contributed by atoms with E-state index < -0.39 is 78.4 Å². The number of amides is 5. The predicted octanol–water partition coefficient (Wildman–Crippen LogP) is -0.455.